The molecular formula is C20H23BrClN3O. The standard InChI is InChI=1S/C20H23BrClN3O/c1-24-7-9-25(10-8-24)14-16-4-2-3-15(11-16)13-23-20(26)18-6-5-17(21)12-19(18)22/h2-6,11-12H,7-10,13-14H2,1H3,(H,23,26). The maximum absolute atomic E-state index is 12.4. The number of hydrogen-bond donors (Lipinski definition) is 1. The van der Waals surface area contributed by atoms with Crippen molar-refractivity contribution in [1.82, 2.24) is 15.1 Å². The maximum Gasteiger partial charge on any atom is 0.253 e. The van der Waals surface area contributed by atoms with Crippen molar-refractivity contribution in [2.75, 3.05) is 33.2 Å². The number of carbonyl (C=O) groups excluding carboxylic acids is 1. The number of nitrogens with one attached hydrogen (secondary N) is 1. The normalized spacial score (nSPS) is 15.8. The summed E-state index contributed by atoms with van der Waals surface area (Å²) < 4.78 is 0.857. The molecule has 1 aliphatic heterocycles. The minimum atomic E-state index is -0.160. The van der Waals surface area contributed by atoms with Gasteiger partial charge in [0.2, 0.25) is 0 Å². The number of amides is 1. The summed E-state index contributed by atoms with van der Waals surface area (Å²) in [5, 5.41) is 3.40. The number of carbonyl (C=O) groups is 1. The smallest absolute Gasteiger partial charge is 0.253 e. The predicted molar refractivity (Wildman–Crippen MR) is 110 cm³/mol. The average molecular weight is 437 g/mol. The van der Waals surface area contributed by atoms with Gasteiger partial charge in [-0.2, -0.15) is 0 Å². The van der Waals surface area contributed by atoms with E-state index in [4.69, 9.17) is 11.6 Å². The van der Waals surface area contributed by atoms with E-state index in [1.165, 1.54) is 5.56 Å². The van der Waals surface area contributed by atoms with Gasteiger partial charge < -0.3 is 10.2 Å². The number of benzene rings is 2. The van der Waals surface area contributed by atoms with Gasteiger partial charge in [0.1, 0.15) is 0 Å². The average Bonchev–Trinajstić information content (AvgIpc) is 2.62. The highest BCUT2D eigenvalue weighted by Crippen LogP contribution is 2.21. The second kappa shape index (κ2) is 9.00. The molecule has 26 heavy (non-hydrogen) atoms. The minimum absolute atomic E-state index is 0.160. The molecule has 0 saturated carbocycles. The molecule has 1 N–H and O–H groups in total. The lowest BCUT2D eigenvalue weighted by Crippen LogP contribution is -2.43. The SMILES string of the molecule is CN1CCN(Cc2cccc(CNC(=O)c3ccc(Br)cc3Cl)c2)CC1. The van der Waals surface area contributed by atoms with E-state index in [-0.39, 0.29) is 5.91 Å². The molecule has 1 fully saturated rings. The number of piperazine rings is 1. The molecule has 138 valence electrons. The van der Waals surface area contributed by atoms with Crippen LogP contribution in [0.15, 0.2) is 46.9 Å². The van der Waals surface area contributed by atoms with Gasteiger partial charge in [-0.3, -0.25) is 9.69 Å². The highest BCUT2D eigenvalue weighted by Gasteiger charge is 2.14. The number of nitrogens with zero attached hydrogens (tertiary/aromatic N) is 2. The Labute approximate surface area is 168 Å². The lowest BCUT2D eigenvalue weighted by atomic mass is 10.1. The molecule has 1 heterocycles. The molecule has 1 amide bonds. The van der Waals surface area contributed by atoms with Crippen molar-refractivity contribution in [3.63, 3.8) is 0 Å². The van der Waals surface area contributed by atoms with Gasteiger partial charge in [0, 0.05) is 43.7 Å². The Kier molecular flexibility index (Phi) is 6.70. The zero-order valence-corrected chi connectivity index (χ0v) is 17.2. The minimum Gasteiger partial charge on any atom is -0.348 e. The van der Waals surface area contributed by atoms with E-state index >= 15 is 0 Å². The highest BCUT2D eigenvalue weighted by atomic mass is 79.9. The number of hydrogen-bond acceptors (Lipinski definition) is 3. The summed E-state index contributed by atoms with van der Waals surface area (Å²) in [5.74, 6) is -0.160. The first kappa shape index (κ1) is 19.4. The van der Waals surface area contributed by atoms with E-state index in [1.807, 2.05) is 12.1 Å². The Morgan fingerprint density at radius 3 is 2.58 bits per heavy atom. The molecule has 2 aromatic rings. The van der Waals surface area contributed by atoms with Crippen molar-refractivity contribution in [2.24, 2.45) is 0 Å². The van der Waals surface area contributed by atoms with Crippen LogP contribution in [0.1, 0.15) is 21.5 Å². The van der Waals surface area contributed by atoms with Crippen LogP contribution in [0, 0.1) is 0 Å². The van der Waals surface area contributed by atoms with Crippen LogP contribution in [0.4, 0.5) is 0 Å². The van der Waals surface area contributed by atoms with Crippen molar-refractivity contribution < 1.29 is 4.79 Å². The molecule has 6 heteroatoms. The van der Waals surface area contributed by atoms with Gasteiger partial charge in [0.25, 0.3) is 5.91 Å². The molecular weight excluding hydrogens is 414 g/mol. The number of likely N-dealkylation sites (N-methyl/N-ethyl adjacent to an activating group) is 1. The van der Waals surface area contributed by atoms with Crippen LogP contribution in [0.3, 0.4) is 0 Å². The summed E-state index contributed by atoms with van der Waals surface area (Å²) in [6, 6.07) is 13.7. The van der Waals surface area contributed by atoms with Crippen molar-refractivity contribution in [2.45, 2.75) is 13.1 Å². The highest BCUT2D eigenvalue weighted by molar-refractivity contribution is 9.10. The fraction of sp³-hybridized carbons (Fsp3) is 0.350. The van der Waals surface area contributed by atoms with Crippen LogP contribution in [-0.4, -0.2) is 48.9 Å². The molecule has 0 unspecified atom stereocenters. The van der Waals surface area contributed by atoms with Crippen LogP contribution < -0.4 is 5.32 Å². The quantitative estimate of drug-likeness (QED) is 0.775. The summed E-state index contributed by atoms with van der Waals surface area (Å²) in [4.78, 5) is 17.2. The Morgan fingerprint density at radius 1 is 1.12 bits per heavy atom. The fourth-order valence-electron chi connectivity index (χ4n) is 3.05. The molecule has 3 rings (SSSR count). The topological polar surface area (TPSA) is 35.6 Å². The van der Waals surface area contributed by atoms with E-state index in [2.05, 4.69) is 56.3 Å². The number of halogens is 2. The van der Waals surface area contributed by atoms with E-state index < -0.39 is 0 Å². The zero-order valence-electron chi connectivity index (χ0n) is 14.8. The lowest BCUT2D eigenvalue weighted by Gasteiger charge is -2.32. The Hall–Kier alpha value is -1.40. The first-order valence-electron chi connectivity index (χ1n) is 8.73. The molecule has 0 bridgehead atoms. The van der Waals surface area contributed by atoms with Gasteiger partial charge in [0.05, 0.1) is 10.6 Å². The molecule has 0 aromatic heterocycles. The first-order chi connectivity index (χ1) is 12.5. The zero-order chi connectivity index (χ0) is 18.5. The molecule has 1 aliphatic rings. The summed E-state index contributed by atoms with van der Waals surface area (Å²) in [6.07, 6.45) is 0. The Balaban J connectivity index is 1.57. The lowest BCUT2D eigenvalue weighted by molar-refractivity contribution is 0.0951. The van der Waals surface area contributed by atoms with Crippen LogP contribution in [0.2, 0.25) is 5.02 Å². The van der Waals surface area contributed by atoms with Crippen molar-refractivity contribution in [3.8, 4) is 0 Å². The fourth-order valence-corrected chi connectivity index (χ4v) is 3.81. The molecule has 0 radical (unpaired) electrons. The Bertz CT molecular complexity index is 775. The largest absolute Gasteiger partial charge is 0.348 e. The molecule has 2 aromatic carbocycles. The summed E-state index contributed by atoms with van der Waals surface area (Å²) in [7, 11) is 2.17. The third-order valence-electron chi connectivity index (χ3n) is 4.62. The second-order valence-corrected chi connectivity index (χ2v) is 8.03. The summed E-state index contributed by atoms with van der Waals surface area (Å²) >= 11 is 9.50. The van der Waals surface area contributed by atoms with E-state index in [0.717, 1.165) is 42.8 Å². The van der Waals surface area contributed by atoms with Crippen molar-refractivity contribution >= 4 is 33.4 Å². The molecule has 0 atom stereocenters. The summed E-state index contributed by atoms with van der Waals surface area (Å²) in [5.41, 5.74) is 2.87. The van der Waals surface area contributed by atoms with Crippen LogP contribution >= 0.6 is 27.5 Å². The number of rotatable bonds is 5. The predicted octanol–water partition coefficient (Wildman–Crippen LogP) is 3.78. The summed E-state index contributed by atoms with van der Waals surface area (Å²) in [6.45, 7) is 5.86. The maximum atomic E-state index is 12.4. The monoisotopic (exact) mass is 435 g/mol. The molecule has 0 spiro atoms. The third-order valence-corrected chi connectivity index (χ3v) is 5.43. The van der Waals surface area contributed by atoms with Crippen molar-refractivity contribution in [1.29, 1.82) is 0 Å². The van der Waals surface area contributed by atoms with Crippen molar-refractivity contribution in [3.05, 3.63) is 68.7 Å². The van der Waals surface area contributed by atoms with Gasteiger partial charge in [-0.15, -0.1) is 0 Å². The molecule has 1 saturated heterocycles. The second-order valence-electron chi connectivity index (χ2n) is 6.71. The van der Waals surface area contributed by atoms with Crippen LogP contribution in [0.5, 0.6) is 0 Å². The van der Waals surface area contributed by atoms with Gasteiger partial charge in [-0.1, -0.05) is 51.8 Å². The van der Waals surface area contributed by atoms with Gasteiger partial charge in [-0.05, 0) is 36.4 Å². The Morgan fingerprint density at radius 2 is 1.85 bits per heavy atom. The third kappa shape index (κ3) is 5.30. The molecule has 0 aliphatic carbocycles. The van der Waals surface area contributed by atoms with Gasteiger partial charge >= 0.3 is 0 Å². The van der Waals surface area contributed by atoms with Gasteiger partial charge in [-0.25, -0.2) is 0 Å². The van der Waals surface area contributed by atoms with Crippen LogP contribution in [-0.2, 0) is 13.1 Å². The molecule has 4 nitrogen and oxygen atoms in total. The van der Waals surface area contributed by atoms with Gasteiger partial charge in [0.15, 0.2) is 0 Å². The van der Waals surface area contributed by atoms with Crippen LogP contribution in [0.25, 0.3) is 0 Å². The van der Waals surface area contributed by atoms with E-state index in [0.29, 0.717) is 17.1 Å². The first-order valence-corrected chi connectivity index (χ1v) is 9.90. The van der Waals surface area contributed by atoms with E-state index in [9.17, 15) is 4.79 Å². The van der Waals surface area contributed by atoms with E-state index in [1.54, 1.807) is 12.1 Å².